The van der Waals surface area contributed by atoms with Crippen LogP contribution in [-0.4, -0.2) is 58.1 Å². The minimum atomic E-state index is -0.406. The molecular formula is C13H22N2O4S. The van der Waals surface area contributed by atoms with Crippen molar-refractivity contribution in [3.8, 4) is 0 Å². The van der Waals surface area contributed by atoms with E-state index in [1.54, 1.807) is 14.2 Å². The second-order valence-electron chi connectivity index (χ2n) is 4.38. The zero-order chi connectivity index (χ0) is 15.1. The highest BCUT2D eigenvalue weighted by Gasteiger charge is 2.22. The molecule has 0 aromatic carbocycles. The lowest BCUT2D eigenvalue weighted by molar-refractivity contribution is 0.0594. The van der Waals surface area contributed by atoms with Gasteiger partial charge in [0, 0.05) is 25.6 Å². The highest BCUT2D eigenvalue weighted by molar-refractivity contribution is 7.15. The van der Waals surface area contributed by atoms with Crippen LogP contribution in [0.5, 0.6) is 0 Å². The Morgan fingerprint density at radius 2 is 2.05 bits per heavy atom. The Balaban J connectivity index is 2.98. The minimum Gasteiger partial charge on any atom is -0.464 e. The molecule has 1 aromatic rings. The number of ether oxygens (including phenoxy) is 3. The van der Waals surface area contributed by atoms with E-state index in [1.807, 2.05) is 13.8 Å². The molecule has 1 atom stereocenters. The molecule has 0 amide bonds. The lowest BCUT2D eigenvalue weighted by Crippen LogP contribution is -2.38. The molecule has 0 aliphatic heterocycles. The molecular weight excluding hydrogens is 280 g/mol. The molecule has 0 radical (unpaired) electrons. The number of aryl methyl sites for hydroxylation is 1. The molecule has 0 N–H and O–H groups in total. The zero-order valence-electron chi connectivity index (χ0n) is 12.6. The summed E-state index contributed by atoms with van der Waals surface area (Å²) < 4.78 is 15.1. The Morgan fingerprint density at radius 1 is 1.35 bits per heavy atom. The van der Waals surface area contributed by atoms with Gasteiger partial charge in [0.2, 0.25) is 0 Å². The maximum Gasteiger partial charge on any atom is 0.357 e. The monoisotopic (exact) mass is 302 g/mol. The number of anilines is 1. The quantitative estimate of drug-likeness (QED) is 0.682. The Morgan fingerprint density at radius 3 is 2.60 bits per heavy atom. The van der Waals surface area contributed by atoms with Crippen LogP contribution < -0.4 is 4.90 Å². The van der Waals surface area contributed by atoms with E-state index in [1.165, 1.54) is 18.4 Å². The van der Waals surface area contributed by atoms with Crippen LogP contribution >= 0.6 is 11.3 Å². The minimum absolute atomic E-state index is 0.145. The zero-order valence-corrected chi connectivity index (χ0v) is 13.5. The number of carbonyl (C=O) groups excluding carboxylic acids is 1. The second kappa shape index (κ2) is 8.18. The summed E-state index contributed by atoms with van der Waals surface area (Å²) in [5.74, 6) is -0.406. The molecule has 1 aromatic heterocycles. The third kappa shape index (κ3) is 4.16. The van der Waals surface area contributed by atoms with Crippen LogP contribution in [0.4, 0.5) is 5.13 Å². The first kappa shape index (κ1) is 16.9. The molecule has 20 heavy (non-hydrogen) atoms. The van der Waals surface area contributed by atoms with Gasteiger partial charge in [0.05, 0.1) is 26.4 Å². The first-order chi connectivity index (χ1) is 9.54. The van der Waals surface area contributed by atoms with Gasteiger partial charge in [-0.05, 0) is 13.8 Å². The van der Waals surface area contributed by atoms with E-state index in [9.17, 15) is 4.79 Å². The van der Waals surface area contributed by atoms with Crippen LogP contribution in [0.25, 0.3) is 0 Å². The van der Waals surface area contributed by atoms with E-state index in [-0.39, 0.29) is 6.04 Å². The summed E-state index contributed by atoms with van der Waals surface area (Å²) in [5, 5.41) is 0.782. The predicted molar refractivity (Wildman–Crippen MR) is 78.8 cm³/mol. The summed E-state index contributed by atoms with van der Waals surface area (Å²) in [6, 6.07) is 0.145. The second-order valence-corrected chi connectivity index (χ2v) is 5.57. The van der Waals surface area contributed by atoms with Gasteiger partial charge in [0.1, 0.15) is 0 Å². The van der Waals surface area contributed by atoms with Crippen molar-refractivity contribution in [3.05, 3.63) is 10.6 Å². The van der Waals surface area contributed by atoms with Crippen LogP contribution in [0.1, 0.15) is 22.3 Å². The molecule has 1 unspecified atom stereocenters. The number of hydrogen-bond acceptors (Lipinski definition) is 7. The standard InChI is InChI=1S/C13H22N2O4S/c1-9(8-18-4)15(6-7-17-3)13-14-11(10(2)20-13)12(16)19-5/h9H,6-8H2,1-5H3. The average Bonchev–Trinajstić information content (AvgIpc) is 2.80. The van der Waals surface area contributed by atoms with Crippen LogP contribution in [-0.2, 0) is 14.2 Å². The first-order valence-electron chi connectivity index (χ1n) is 6.35. The van der Waals surface area contributed by atoms with Crippen LogP contribution in [0, 0.1) is 6.92 Å². The van der Waals surface area contributed by atoms with E-state index >= 15 is 0 Å². The van der Waals surface area contributed by atoms with E-state index < -0.39 is 5.97 Å². The largest absolute Gasteiger partial charge is 0.464 e. The molecule has 0 saturated carbocycles. The van der Waals surface area contributed by atoms with Crippen molar-refractivity contribution < 1.29 is 19.0 Å². The fraction of sp³-hybridized carbons (Fsp3) is 0.692. The molecule has 6 nitrogen and oxygen atoms in total. The predicted octanol–water partition coefficient (Wildman–Crippen LogP) is 1.73. The van der Waals surface area contributed by atoms with Gasteiger partial charge in [-0.25, -0.2) is 9.78 Å². The number of rotatable bonds is 8. The van der Waals surface area contributed by atoms with Gasteiger partial charge in [-0.3, -0.25) is 0 Å². The van der Waals surface area contributed by atoms with Gasteiger partial charge >= 0.3 is 5.97 Å². The van der Waals surface area contributed by atoms with E-state index in [4.69, 9.17) is 14.2 Å². The number of nitrogens with zero attached hydrogens (tertiary/aromatic N) is 2. The fourth-order valence-electron chi connectivity index (χ4n) is 1.82. The third-order valence-corrected chi connectivity index (χ3v) is 3.89. The maximum absolute atomic E-state index is 11.6. The molecule has 1 heterocycles. The van der Waals surface area contributed by atoms with Gasteiger partial charge < -0.3 is 19.1 Å². The van der Waals surface area contributed by atoms with Crippen molar-refractivity contribution >= 4 is 22.4 Å². The van der Waals surface area contributed by atoms with Crippen LogP contribution in [0.2, 0.25) is 0 Å². The van der Waals surface area contributed by atoms with Crippen molar-refractivity contribution in [2.45, 2.75) is 19.9 Å². The molecule has 0 aliphatic rings. The number of hydrogen-bond donors (Lipinski definition) is 0. The average molecular weight is 302 g/mol. The fourth-order valence-corrected chi connectivity index (χ4v) is 2.84. The summed E-state index contributed by atoms with van der Waals surface area (Å²) in [7, 11) is 4.68. The Bertz CT molecular complexity index is 436. The molecule has 7 heteroatoms. The van der Waals surface area contributed by atoms with Crippen LogP contribution in [0.15, 0.2) is 0 Å². The van der Waals surface area contributed by atoms with E-state index in [2.05, 4.69) is 9.88 Å². The smallest absolute Gasteiger partial charge is 0.357 e. The number of carbonyl (C=O) groups is 1. The summed E-state index contributed by atoms with van der Waals surface area (Å²) in [5.41, 5.74) is 0.375. The van der Waals surface area contributed by atoms with Gasteiger partial charge in [-0.2, -0.15) is 0 Å². The highest BCUT2D eigenvalue weighted by atomic mass is 32.1. The summed E-state index contributed by atoms with van der Waals surface area (Å²) >= 11 is 1.47. The number of esters is 1. The van der Waals surface area contributed by atoms with Crippen molar-refractivity contribution in [1.29, 1.82) is 0 Å². The van der Waals surface area contributed by atoms with Crippen molar-refractivity contribution in [2.75, 3.05) is 46.0 Å². The van der Waals surface area contributed by atoms with Gasteiger partial charge in [0.25, 0.3) is 0 Å². The SMILES string of the molecule is COCCN(c1nc(C(=O)OC)c(C)s1)C(C)COC. The molecule has 1 rings (SSSR count). The third-order valence-electron chi connectivity index (χ3n) is 2.89. The number of thiazole rings is 1. The topological polar surface area (TPSA) is 60.9 Å². The van der Waals surface area contributed by atoms with Crippen LogP contribution in [0.3, 0.4) is 0 Å². The van der Waals surface area contributed by atoms with Gasteiger partial charge in [0.15, 0.2) is 10.8 Å². The van der Waals surface area contributed by atoms with Crippen molar-refractivity contribution in [1.82, 2.24) is 4.98 Å². The van der Waals surface area contributed by atoms with Gasteiger partial charge in [-0.1, -0.05) is 0 Å². The van der Waals surface area contributed by atoms with Crippen molar-refractivity contribution in [2.24, 2.45) is 0 Å². The molecule has 0 spiro atoms. The maximum atomic E-state index is 11.6. The normalized spacial score (nSPS) is 12.2. The molecule has 0 aliphatic carbocycles. The summed E-state index contributed by atoms with van der Waals surface area (Å²) in [6.07, 6.45) is 0. The van der Waals surface area contributed by atoms with Crippen molar-refractivity contribution in [3.63, 3.8) is 0 Å². The molecule has 0 saturated heterocycles. The lowest BCUT2D eigenvalue weighted by atomic mass is 10.3. The van der Waals surface area contributed by atoms with Gasteiger partial charge in [-0.15, -0.1) is 11.3 Å². The van der Waals surface area contributed by atoms with E-state index in [0.717, 1.165) is 10.0 Å². The highest BCUT2D eigenvalue weighted by Crippen LogP contribution is 2.27. The Kier molecular flexibility index (Phi) is 6.90. The molecule has 0 bridgehead atoms. The van der Waals surface area contributed by atoms with E-state index in [0.29, 0.717) is 25.5 Å². The molecule has 114 valence electrons. The summed E-state index contributed by atoms with van der Waals surface area (Å²) in [4.78, 5) is 19.0. The Hall–Kier alpha value is -1.18. The lowest BCUT2D eigenvalue weighted by Gasteiger charge is -2.28. The number of methoxy groups -OCH3 is 3. The summed E-state index contributed by atoms with van der Waals surface area (Å²) in [6.45, 7) is 5.77. The number of aromatic nitrogens is 1. The first-order valence-corrected chi connectivity index (χ1v) is 7.17. The molecule has 0 fully saturated rings. The Labute approximate surface area is 123 Å².